The SMILES string of the molecule is O=C1CCC(C(=O)NC2(c3ccc(Cl)cc3)CCCC2)N1. The fourth-order valence-corrected chi connectivity index (χ4v) is 3.49. The van der Waals surface area contributed by atoms with E-state index in [0.29, 0.717) is 17.9 Å². The van der Waals surface area contributed by atoms with Crippen molar-refractivity contribution in [2.45, 2.75) is 50.1 Å². The van der Waals surface area contributed by atoms with Gasteiger partial charge in [-0.05, 0) is 37.0 Å². The maximum absolute atomic E-state index is 12.4. The van der Waals surface area contributed by atoms with Crippen LogP contribution in [0.15, 0.2) is 24.3 Å². The Morgan fingerprint density at radius 3 is 2.48 bits per heavy atom. The van der Waals surface area contributed by atoms with E-state index in [1.54, 1.807) is 0 Å². The van der Waals surface area contributed by atoms with E-state index < -0.39 is 0 Å². The number of hydrogen-bond acceptors (Lipinski definition) is 2. The van der Waals surface area contributed by atoms with Gasteiger partial charge in [0.1, 0.15) is 6.04 Å². The Morgan fingerprint density at radius 1 is 1.24 bits per heavy atom. The Labute approximate surface area is 129 Å². The third-order valence-electron chi connectivity index (χ3n) is 4.53. The van der Waals surface area contributed by atoms with Gasteiger partial charge in [-0.15, -0.1) is 0 Å². The van der Waals surface area contributed by atoms with Crippen LogP contribution in [-0.4, -0.2) is 17.9 Å². The molecule has 2 fully saturated rings. The van der Waals surface area contributed by atoms with E-state index in [4.69, 9.17) is 11.6 Å². The molecular weight excluding hydrogens is 288 g/mol. The third kappa shape index (κ3) is 2.91. The molecule has 112 valence electrons. The Bertz CT molecular complexity index is 550. The van der Waals surface area contributed by atoms with Gasteiger partial charge in [0.25, 0.3) is 0 Å². The quantitative estimate of drug-likeness (QED) is 0.901. The predicted octanol–water partition coefficient (Wildman–Crippen LogP) is 2.50. The summed E-state index contributed by atoms with van der Waals surface area (Å²) in [7, 11) is 0. The molecule has 2 aliphatic rings. The first-order valence-electron chi connectivity index (χ1n) is 7.46. The highest BCUT2D eigenvalue weighted by atomic mass is 35.5. The van der Waals surface area contributed by atoms with Gasteiger partial charge in [-0.3, -0.25) is 9.59 Å². The van der Waals surface area contributed by atoms with Crippen LogP contribution in [0.5, 0.6) is 0 Å². The molecule has 1 aliphatic carbocycles. The molecule has 1 unspecified atom stereocenters. The van der Waals surface area contributed by atoms with E-state index in [1.807, 2.05) is 24.3 Å². The van der Waals surface area contributed by atoms with Gasteiger partial charge in [0.05, 0.1) is 5.54 Å². The zero-order chi connectivity index (χ0) is 14.9. The Morgan fingerprint density at radius 2 is 1.90 bits per heavy atom. The summed E-state index contributed by atoms with van der Waals surface area (Å²) in [4.78, 5) is 23.7. The molecule has 0 bridgehead atoms. The van der Waals surface area contributed by atoms with Crippen molar-refractivity contribution >= 4 is 23.4 Å². The molecule has 0 aromatic heterocycles. The van der Waals surface area contributed by atoms with Crippen LogP contribution in [0, 0.1) is 0 Å². The lowest BCUT2D eigenvalue weighted by molar-refractivity contribution is -0.127. The summed E-state index contributed by atoms with van der Waals surface area (Å²) in [5.74, 6) is -0.111. The molecule has 1 aromatic carbocycles. The minimum absolute atomic E-state index is 0.0397. The fourth-order valence-electron chi connectivity index (χ4n) is 3.37. The number of benzene rings is 1. The number of rotatable bonds is 3. The summed E-state index contributed by atoms with van der Waals surface area (Å²) in [5.41, 5.74) is 0.789. The Hall–Kier alpha value is -1.55. The standard InChI is InChI=1S/C16H19ClN2O2/c17-12-5-3-11(4-6-12)16(9-1-2-10-16)19-15(21)13-7-8-14(20)18-13/h3-6,13H,1-2,7-10H2,(H,18,20)(H,19,21). The average Bonchev–Trinajstić information content (AvgIpc) is 3.09. The van der Waals surface area contributed by atoms with Crippen LogP contribution in [0.2, 0.25) is 5.02 Å². The highest BCUT2D eigenvalue weighted by Gasteiger charge is 2.39. The van der Waals surface area contributed by atoms with Crippen molar-refractivity contribution in [1.29, 1.82) is 0 Å². The zero-order valence-corrected chi connectivity index (χ0v) is 12.6. The zero-order valence-electron chi connectivity index (χ0n) is 11.8. The van der Waals surface area contributed by atoms with E-state index >= 15 is 0 Å². The van der Waals surface area contributed by atoms with E-state index in [9.17, 15) is 9.59 Å². The maximum atomic E-state index is 12.4. The number of hydrogen-bond donors (Lipinski definition) is 2. The van der Waals surface area contributed by atoms with E-state index in [-0.39, 0.29) is 23.4 Å². The minimum atomic E-state index is -0.387. The van der Waals surface area contributed by atoms with Crippen molar-refractivity contribution in [3.05, 3.63) is 34.9 Å². The largest absolute Gasteiger partial charge is 0.345 e. The summed E-state index contributed by atoms with van der Waals surface area (Å²) >= 11 is 5.95. The summed E-state index contributed by atoms with van der Waals surface area (Å²) in [5, 5.41) is 6.62. The molecule has 1 heterocycles. The first kappa shape index (κ1) is 14.4. The number of carbonyl (C=O) groups is 2. The third-order valence-corrected chi connectivity index (χ3v) is 4.78. The molecule has 1 saturated carbocycles. The highest BCUT2D eigenvalue weighted by Crippen LogP contribution is 2.39. The molecule has 5 heteroatoms. The van der Waals surface area contributed by atoms with Crippen molar-refractivity contribution in [2.24, 2.45) is 0 Å². The van der Waals surface area contributed by atoms with Crippen LogP contribution in [0.1, 0.15) is 44.1 Å². The first-order chi connectivity index (χ1) is 10.1. The predicted molar refractivity (Wildman–Crippen MR) is 80.9 cm³/mol. The maximum Gasteiger partial charge on any atom is 0.243 e. The lowest BCUT2D eigenvalue weighted by Crippen LogP contribution is -2.50. The molecular formula is C16H19ClN2O2. The fraction of sp³-hybridized carbons (Fsp3) is 0.500. The monoisotopic (exact) mass is 306 g/mol. The second-order valence-electron chi connectivity index (χ2n) is 5.94. The van der Waals surface area contributed by atoms with Crippen molar-refractivity contribution < 1.29 is 9.59 Å². The lowest BCUT2D eigenvalue weighted by Gasteiger charge is -2.32. The number of carbonyl (C=O) groups excluding carboxylic acids is 2. The van der Waals surface area contributed by atoms with Gasteiger partial charge in [-0.2, -0.15) is 0 Å². The van der Waals surface area contributed by atoms with Crippen molar-refractivity contribution in [1.82, 2.24) is 10.6 Å². The minimum Gasteiger partial charge on any atom is -0.345 e. The molecule has 3 rings (SSSR count). The van der Waals surface area contributed by atoms with E-state index in [2.05, 4.69) is 10.6 Å². The number of amides is 2. The smallest absolute Gasteiger partial charge is 0.243 e. The number of halogens is 1. The van der Waals surface area contributed by atoms with Crippen molar-refractivity contribution in [3.8, 4) is 0 Å². The van der Waals surface area contributed by atoms with Crippen LogP contribution in [-0.2, 0) is 15.1 Å². The summed E-state index contributed by atoms with van der Waals surface area (Å²) < 4.78 is 0. The topological polar surface area (TPSA) is 58.2 Å². The second kappa shape index (κ2) is 5.68. The van der Waals surface area contributed by atoms with Gasteiger partial charge in [0.2, 0.25) is 11.8 Å². The van der Waals surface area contributed by atoms with Gasteiger partial charge in [0, 0.05) is 11.4 Å². The van der Waals surface area contributed by atoms with Crippen molar-refractivity contribution in [3.63, 3.8) is 0 Å². The van der Waals surface area contributed by atoms with Crippen LogP contribution in [0.3, 0.4) is 0 Å². The molecule has 0 radical (unpaired) electrons. The average molecular weight is 307 g/mol. The lowest BCUT2D eigenvalue weighted by atomic mass is 9.87. The molecule has 0 spiro atoms. The molecule has 2 amide bonds. The second-order valence-corrected chi connectivity index (χ2v) is 6.38. The number of nitrogens with one attached hydrogen (secondary N) is 2. The Kier molecular flexibility index (Phi) is 3.89. The van der Waals surface area contributed by atoms with Gasteiger partial charge >= 0.3 is 0 Å². The van der Waals surface area contributed by atoms with Gasteiger partial charge in [-0.1, -0.05) is 36.6 Å². The summed E-state index contributed by atoms with van der Waals surface area (Å²) in [6.45, 7) is 0. The molecule has 1 aromatic rings. The summed E-state index contributed by atoms with van der Waals surface area (Å²) in [6, 6.07) is 7.31. The first-order valence-corrected chi connectivity index (χ1v) is 7.84. The molecule has 1 saturated heterocycles. The Balaban J connectivity index is 1.79. The van der Waals surface area contributed by atoms with Gasteiger partial charge in [0.15, 0.2) is 0 Å². The van der Waals surface area contributed by atoms with Crippen LogP contribution in [0.25, 0.3) is 0 Å². The highest BCUT2D eigenvalue weighted by molar-refractivity contribution is 6.30. The van der Waals surface area contributed by atoms with E-state index in [1.165, 1.54) is 0 Å². The normalized spacial score (nSPS) is 23.9. The van der Waals surface area contributed by atoms with Crippen LogP contribution < -0.4 is 10.6 Å². The van der Waals surface area contributed by atoms with E-state index in [0.717, 1.165) is 31.2 Å². The van der Waals surface area contributed by atoms with Crippen LogP contribution in [0.4, 0.5) is 0 Å². The molecule has 21 heavy (non-hydrogen) atoms. The van der Waals surface area contributed by atoms with Crippen LogP contribution >= 0.6 is 11.6 Å². The molecule has 1 atom stereocenters. The van der Waals surface area contributed by atoms with Gasteiger partial charge < -0.3 is 10.6 Å². The molecule has 2 N–H and O–H groups in total. The van der Waals surface area contributed by atoms with Crippen molar-refractivity contribution in [2.75, 3.05) is 0 Å². The summed E-state index contributed by atoms with van der Waals surface area (Å²) in [6.07, 6.45) is 5.08. The molecule has 1 aliphatic heterocycles. The molecule has 4 nitrogen and oxygen atoms in total. The van der Waals surface area contributed by atoms with Gasteiger partial charge in [-0.25, -0.2) is 0 Å².